The minimum Gasteiger partial charge on any atom is -0.508 e. The Morgan fingerprint density at radius 1 is 1.45 bits per heavy atom. The fourth-order valence-electron chi connectivity index (χ4n) is 3.16. The number of phenols is 1. The number of hydrogen-bond acceptors (Lipinski definition) is 5. The van der Waals surface area contributed by atoms with E-state index in [2.05, 4.69) is 0 Å². The van der Waals surface area contributed by atoms with Gasteiger partial charge >= 0.3 is 5.97 Å². The predicted molar refractivity (Wildman–Crippen MR) is 80.9 cm³/mol. The average Bonchev–Trinajstić information content (AvgIpc) is 2.36. The first-order valence-electron chi connectivity index (χ1n) is 7.38. The zero-order valence-corrected chi connectivity index (χ0v) is 13.6. The molecule has 5 nitrogen and oxygen atoms in total. The number of ketones is 1. The van der Waals surface area contributed by atoms with Gasteiger partial charge in [0.25, 0.3) is 0 Å². The van der Waals surface area contributed by atoms with Gasteiger partial charge in [0.2, 0.25) is 0 Å². The number of hydrogen-bond donors (Lipinski definition) is 2. The highest BCUT2D eigenvalue weighted by Crippen LogP contribution is 2.51. The Hall–Kier alpha value is -1.88. The molecule has 0 aliphatic heterocycles. The van der Waals surface area contributed by atoms with E-state index in [0.29, 0.717) is 16.9 Å². The second-order valence-corrected chi connectivity index (χ2v) is 6.47. The summed E-state index contributed by atoms with van der Waals surface area (Å²) >= 11 is 0. The minimum absolute atomic E-state index is 0.0920. The highest BCUT2D eigenvalue weighted by molar-refractivity contribution is 5.93. The first-order chi connectivity index (χ1) is 10.1. The van der Waals surface area contributed by atoms with E-state index in [9.17, 15) is 19.8 Å². The average molecular weight is 306 g/mol. The van der Waals surface area contributed by atoms with E-state index in [1.807, 2.05) is 13.8 Å². The van der Waals surface area contributed by atoms with Gasteiger partial charge in [-0.05, 0) is 37.3 Å². The van der Waals surface area contributed by atoms with E-state index in [1.165, 1.54) is 19.9 Å². The molecule has 2 N–H and O–H groups in total. The van der Waals surface area contributed by atoms with Crippen LogP contribution >= 0.6 is 0 Å². The number of Topliss-reactive ketones (excluding diaryl/α,β-unsaturated/α-hetero) is 1. The number of ether oxygens (including phenoxy) is 1. The van der Waals surface area contributed by atoms with E-state index in [1.54, 1.807) is 6.92 Å². The van der Waals surface area contributed by atoms with Crippen LogP contribution in [0.25, 0.3) is 0 Å². The first kappa shape index (κ1) is 16.5. The summed E-state index contributed by atoms with van der Waals surface area (Å²) in [7, 11) is 0. The van der Waals surface area contributed by atoms with Crippen LogP contribution in [0.4, 0.5) is 0 Å². The molecule has 1 aromatic carbocycles. The molecule has 0 heterocycles. The fourth-order valence-corrected chi connectivity index (χ4v) is 3.16. The van der Waals surface area contributed by atoms with Gasteiger partial charge in [-0.25, -0.2) is 0 Å². The maximum Gasteiger partial charge on any atom is 0.308 e. The second kappa shape index (κ2) is 5.39. The van der Waals surface area contributed by atoms with E-state index in [0.717, 1.165) is 0 Å². The van der Waals surface area contributed by atoms with E-state index < -0.39 is 11.6 Å². The normalized spacial score (nSPS) is 24.3. The number of carbonyl (C=O) groups excluding carboxylic acids is 2. The Labute approximate surface area is 129 Å². The SMILES string of the molecule is CC(=O)Oc1c(C)cc(O)c2c1[C@H](C(C)C)CC(=O)[C@]2(C)O. The Morgan fingerprint density at radius 2 is 2.05 bits per heavy atom. The van der Waals surface area contributed by atoms with Gasteiger partial charge in [-0.2, -0.15) is 0 Å². The molecular formula is C17H22O5. The number of aryl methyl sites for hydroxylation is 1. The van der Waals surface area contributed by atoms with Gasteiger partial charge in [-0.1, -0.05) is 13.8 Å². The zero-order valence-electron chi connectivity index (χ0n) is 13.6. The van der Waals surface area contributed by atoms with Crippen molar-refractivity contribution in [2.24, 2.45) is 5.92 Å². The second-order valence-electron chi connectivity index (χ2n) is 6.47. The molecule has 1 aromatic rings. The molecule has 0 saturated carbocycles. The van der Waals surface area contributed by atoms with Crippen LogP contribution in [0.1, 0.15) is 56.7 Å². The van der Waals surface area contributed by atoms with Crippen molar-refractivity contribution in [2.45, 2.75) is 52.6 Å². The van der Waals surface area contributed by atoms with Crippen molar-refractivity contribution in [1.29, 1.82) is 0 Å². The number of aliphatic hydroxyl groups is 1. The molecular weight excluding hydrogens is 284 g/mol. The van der Waals surface area contributed by atoms with Gasteiger partial charge in [-0.15, -0.1) is 0 Å². The number of carbonyl (C=O) groups is 2. The highest BCUT2D eigenvalue weighted by atomic mass is 16.5. The van der Waals surface area contributed by atoms with Crippen molar-refractivity contribution in [2.75, 3.05) is 0 Å². The van der Waals surface area contributed by atoms with Gasteiger partial charge < -0.3 is 14.9 Å². The van der Waals surface area contributed by atoms with Crippen molar-refractivity contribution in [3.8, 4) is 11.5 Å². The molecule has 2 atom stereocenters. The number of fused-ring (bicyclic) bond motifs is 1. The Balaban J connectivity index is 2.84. The number of rotatable bonds is 2. The molecule has 0 saturated heterocycles. The lowest BCUT2D eigenvalue weighted by molar-refractivity contribution is -0.138. The smallest absolute Gasteiger partial charge is 0.308 e. The third-order valence-corrected chi connectivity index (χ3v) is 4.34. The molecule has 0 radical (unpaired) electrons. The van der Waals surface area contributed by atoms with Gasteiger partial charge in [0.05, 0.1) is 0 Å². The first-order valence-corrected chi connectivity index (χ1v) is 7.38. The van der Waals surface area contributed by atoms with Crippen LogP contribution in [0.3, 0.4) is 0 Å². The molecule has 1 aliphatic carbocycles. The summed E-state index contributed by atoms with van der Waals surface area (Å²) < 4.78 is 5.33. The summed E-state index contributed by atoms with van der Waals surface area (Å²) in [6, 6.07) is 1.42. The largest absolute Gasteiger partial charge is 0.508 e. The number of phenolic OH excluding ortho intramolecular Hbond substituents is 1. The molecule has 120 valence electrons. The molecule has 22 heavy (non-hydrogen) atoms. The lowest BCUT2D eigenvalue weighted by atomic mass is 9.69. The zero-order chi connectivity index (χ0) is 16.8. The summed E-state index contributed by atoms with van der Waals surface area (Å²) in [4.78, 5) is 23.7. The maximum atomic E-state index is 12.3. The Bertz CT molecular complexity index is 643. The molecule has 2 rings (SSSR count). The minimum atomic E-state index is -1.78. The molecule has 0 fully saturated rings. The Kier molecular flexibility index (Phi) is 4.04. The van der Waals surface area contributed by atoms with Crippen LogP contribution in [0.5, 0.6) is 11.5 Å². The fraction of sp³-hybridized carbons (Fsp3) is 0.529. The van der Waals surface area contributed by atoms with Gasteiger partial charge in [-0.3, -0.25) is 9.59 Å². The summed E-state index contributed by atoms with van der Waals surface area (Å²) in [5.74, 6) is -0.752. The third kappa shape index (κ3) is 2.50. The number of esters is 1. The van der Waals surface area contributed by atoms with Crippen molar-refractivity contribution in [3.05, 3.63) is 22.8 Å². The van der Waals surface area contributed by atoms with Crippen LogP contribution in [0.2, 0.25) is 0 Å². The molecule has 5 heteroatoms. The molecule has 0 aromatic heterocycles. The summed E-state index contributed by atoms with van der Waals surface area (Å²) in [5.41, 5.74) is -0.466. The van der Waals surface area contributed by atoms with Crippen LogP contribution in [0.15, 0.2) is 6.07 Å². The summed E-state index contributed by atoms with van der Waals surface area (Å²) in [6.07, 6.45) is 0.148. The molecule has 0 amide bonds. The van der Waals surface area contributed by atoms with Gasteiger partial charge in [0.15, 0.2) is 5.78 Å². The van der Waals surface area contributed by atoms with E-state index in [4.69, 9.17) is 4.74 Å². The quantitative estimate of drug-likeness (QED) is 0.648. The lowest BCUT2D eigenvalue weighted by Gasteiger charge is -2.38. The lowest BCUT2D eigenvalue weighted by Crippen LogP contribution is -2.40. The van der Waals surface area contributed by atoms with Crippen LogP contribution < -0.4 is 4.74 Å². The molecule has 0 bridgehead atoms. The maximum absolute atomic E-state index is 12.3. The summed E-state index contributed by atoms with van der Waals surface area (Å²) in [5, 5.41) is 20.9. The van der Waals surface area contributed by atoms with Gasteiger partial charge in [0.1, 0.15) is 17.1 Å². The highest BCUT2D eigenvalue weighted by Gasteiger charge is 2.46. The topological polar surface area (TPSA) is 83.8 Å². The predicted octanol–water partition coefficient (Wildman–Crippen LogP) is 2.55. The van der Waals surface area contributed by atoms with Crippen LogP contribution in [0, 0.1) is 12.8 Å². The van der Waals surface area contributed by atoms with Crippen molar-refractivity contribution < 1.29 is 24.5 Å². The standard InChI is InChI=1S/C17H22O5/c1-8(2)11-7-13(20)17(5,21)15-12(19)6-9(3)16(14(11)15)22-10(4)18/h6,8,11,19,21H,7H2,1-5H3/t11-,17-/m0/s1. The number of aromatic hydroxyl groups is 1. The molecule has 1 aliphatic rings. The van der Waals surface area contributed by atoms with E-state index >= 15 is 0 Å². The number of benzene rings is 1. The van der Waals surface area contributed by atoms with Crippen molar-refractivity contribution >= 4 is 11.8 Å². The molecule has 0 unspecified atom stereocenters. The van der Waals surface area contributed by atoms with Crippen LogP contribution in [-0.2, 0) is 15.2 Å². The van der Waals surface area contributed by atoms with Crippen LogP contribution in [-0.4, -0.2) is 22.0 Å². The monoisotopic (exact) mass is 306 g/mol. The Morgan fingerprint density at radius 3 is 2.55 bits per heavy atom. The van der Waals surface area contributed by atoms with Crippen molar-refractivity contribution in [1.82, 2.24) is 0 Å². The molecule has 0 spiro atoms. The van der Waals surface area contributed by atoms with E-state index in [-0.39, 0.29) is 35.4 Å². The van der Waals surface area contributed by atoms with Crippen molar-refractivity contribution in [3.63, 3.8) is 0 Å². The summed E-state index contributed by atoms with van der Waals surface area (Å²) in [6.45, 7) is 8.31. The third-order valence-electron chi connectivity index (χ3n) is 4.34. The van der Waals surface area contributed by atoms with Gasteiger partial charge in [0, 0.05) is 24.5 Å².